The van der Waals surface area contributed by atoms with Gasteiger partial charge in [-0.15, -0.1) is 0 Å². The van der Waals surface area contributed by atoms with Gasteiger partial charge < -0.3 is 14.4 Å². The van der Waals surface area contributed by atoms with Crippen LogP contribution in [-0.4, -0.2) is 50.2 Å². The topological polar surface area (TPSA) is 55.8 Å². The van der Waals surface area contributed by atoms with Crippen molar-refractivity contribution in [2.75, 3.05) is 27.8 Å². The number of hydrogen-bond acceptors (Lipinski definition) is 4. The minimum Gasteiger partial charge on any atom is -0.469 e. The van der Waals surface area contributed by atoms with E-state index in [2.05, 4.69) is 4.74 Å². The van der Waals surface area contributed by atoms with Crippen molar-refractivity contribution in [2.45, 2.75) is 44.1 Å². The molecular formula is C13H23NO4. The highest BCUT2D eigenvalue weighted by Crippen LogP contribution is 2.38. The van der Waals surface area contributed by atoms with Crippen LogP contribution in [0, 0.1) is 0 Å². The average Bonchev–Trinajstić information content (AvgIpc) is 2.33. The standard InChI is InChI=1S/C13H23NO4/c1-14(9-4-6-12(16)17-2)11(15)10-13(18-3)7-5-8-13/h4-10H2,1-3H3. The smallest absolute Gasteiger partial charge is 0.305 e. The summed E-state index contributed by atoms with van der Waals surface area (Å²) in [6.07, 6.45) is 4.49. The lowest BCUT2D eigenvalue weighted by Gasteiger charge is -2.40. The van der Waals surface area contributed by atoms with Crippen LogP contribution < -0.4 is 0 Å². The van der Waals surface area contributed by atoms with Gasteiger partial charge in [0.05, 0.1) is 19.1 Å². The van der Waals surface area contributed by atoms with Gasteiger partial charge in [-0.2, -0.15) is 0 Å². The highest BCUT2D eigenvalue weighted by Gasteiger charge is 2.39. The first-order chi connectivity index (χ1) is 8.53. The third-order valence-corrected chi connectivity index (χ3v) is 3.70. The first-order valence-corrected chi connectivity index (χ1v) is 6.39. The lowest BCUT2D eigenvalue weighted by atomic mass is 9.77. The molecule has 0 spiro atoms. The van der Waals surface area contributed by atoms with Crippen molar-refractivity contribution in [3.63, 3.8) is 0 Å². The summed E-state index contributed by atoms with van der Waals surface area (Å²) in [5.74, 6) is -0.149. The Bertz CT molecular complexity index is 294. The zero-order valence-electron chi connectivity index (χ0n) is 11.5. The Kier molecular flexibility index (Phi) is 5.59. The first-order valence-electron chi connectivity index (χ1n) is 6.39. The molecule has 0 aromatic heterocycles. The molecule has 0 aromatic rings. The third-order valence-electron chi connectivity index (χ3n) is 3.70. The van der Waals surface area contributed by atoms with Crippen LogP contribution in [-0.2, 0) is 19.1 Å². The van der Waals surface area contributed by atoms with E-state index in [1.807, 2.05) is 0 Å². The molecule has 1 saturated carbocycles. The van der Waals surface area contributed by atoms with Crippen molar-refractivity contribution >= 4 is 11.9 Å². The van der Waals surface area contributed by atoms with Crippen molar-refractivity contribution in [2.24, 2.45) is 0 Å². The zero-order valence-corrected chi connectivity index (χ0v) is 11.5. The molecule has 18 heavy (non-hydrogen) atoms. The van der Waals surface area contributed by atoms with Crippen LogP contribution >= 0.6 is 0 Å². The maximum atomic E-state index is 12.0. The van der Waals surface area contributed by atoms with Crippen LogP contribution in [0.2, 0.25) is 0 Å². The van der Waals surface area contributed by atoms with Crippen molar-refractivity contribution < 1.29 is 19.1 Å². The highest BCUT2D eigenvalue weighted by atomic mass is 16.5. The Morgan fingerprint density at radius 3 is 2.39 bits per heavy atom. The van der Waals surface area contributed by atoms with Gasteiger partial charge in [-0.25, -0.2) is 0 Å². The normalized spacial score (nSPS) is 16.8. The number of ether oxygens (including phenoxy) is 2. The number of esters is 1. The molecule has 5 heteroatoms. The third kappa shape index (κ3) is 3.98. The van der Waals surface area contributed by atoms with Crippen LogP contribution in [0.3, 0.4) is 0 Å². The summed E-state index contributed by atoms with van der Waals surface area (Å²) < 4.78 is 9.99. The Balaban J connectivity index is 2.26. The molecule has 0 unspecified atom stereocenters. The average molecular weight is 257 g/mol. The first kappa shape index (κ1) is 15.0. The van der Waals surface area contributed by atoms with E-state index in [1.165, 1.54) is 7.11 Å². The predicted molar refractivity (Wildman–Crippen MR) is 67.1 cm³/mol. The summed E-state index contributed by atoms with van der Waals surface area (Å²) in [5.41, 5.74) is -0.228. The lowest BCUT2D eigenvalue weighted by Crippen LogP contribution is -2.44. The van der Waals surface area contributed by atoms with Crippen molar-refractivity contribution in [3.05, 3.63) is 0 Å². The van der Waals surface area contributed by atoms with Crippen LogP contribution in [0.1, 0.15) is 38.5 Å². The zero-order chi connectivity index (χ0) is 13.6. The molecule has 0 saturated heterocycles. The van der Waals surface area contributed by atoms with Crippen molar-refractivity contribution in [3.8, 4) is 0 Å². The van der Waals surface area contributed by atoms with E-state index in [0.717, 1.165) is 19.3 Å². The maximum Gasteiger partial charge on any atom is 0.305 e. The molecule has 0 heterocycles. The fraction of sp³-hybridized carbons (Fsp3) is 0.846. The predicted octanol–water partition coefficient (Wildman–Crippen LogP) is 1.36. The van der Waals surface area contributed by atoms with E-state index in [1.54, 1.807) is 19.1 Å². The molecule has 1 amide bonds. The number of rotatable bonds is 7. The molecule has 0 radical (unpaired) electrons. The van der Waals surface area contributed by atoms with E-state index in [4.69, 9.17) is 4.74 Å². The number of hydrogen-bond donors (Lipinski definition) is 0. The molecule has 0 N–H and O–H groups in total. The quantitative estimate of drug-likeness (QED) is 0.646. The second-order valence-corrected chi connectivity index (χ2v) is 4.91. The number of carbonyl (C=O) groups excluding carboxylic acids is 2. The van der Waals surface area contributed by atoms with Crippen molar-refractivity contribution in [1.82, 2.24) is 4.90 Å². The second-order valence-electron chi connectivity index (χ2n) is 4.91. The van der Waals surface area contributed by atoms with Gasteiger partial charge in [0, 0.05) is 27.1 Å². The molecule has 1 rings (SSSR count). The number of methoxy groups -OCH3 is 2. The Morgan fingerprint density at radius 2 is 1.94 bits per heavy atom. The van der Waals surface area contributed by atoms with Gasteiger partial charge in [0.1, 0.15) is 0 Å². The fourth-order valence-corrected chi connectivity index (χ4v) is 2.12. The molecule has 0 aliphatic heterocycles. The molecule has 1 aliphatic rings. The molecule has 0 bridgehead atoms. The van der Waals surface area contributed by atoms with Gasteiger partial charge in [0.2, 0.25) is 5.91 Å². The monoisotopic (exact) mass is 257 g/mol. The molecule has 0 atom stereocenters. The summed E-state index contributed by atoms with van der Waals surface area (Å²) in [6.45, 7) is 0.577. The van der Waals surface area contributed by atoms with Gasteiger partial charge >= 0.3 is 5.97 Å². The molecule has 1 aliphatic carbocycles. The van der Waals surface area contributed by atoms with Gasteiger partial charge in [-0.05, 0) is 25.7 Å². The minimum absolute atomic E-state index is 0.0846. The van der Waals surface area contributed by atoms with E-state index < -0.39 is 0 Å². The Labute approximate surface area is 108 Å². The Hall–Kier alpha value is -1.10. The minimum atomic E-state index is -0.233. The van der Waals surface area contributed by atoms with Crippen LogP contribution in [0.15, 0.2) is 0 Å². The van der Waals surface area contributed by atoms with Gasteiger partial charge in [0.25, 0.3) is 0 Å². The summed E-state index contributed by atoms with van der Waals surface area (Å²) in [7, 11) is 4.81. The van der Waals surface area contributed by atoms with Gasteiger partial charge in [-0.3, -0.25) is 9.59 Å². The number of nitrogens with zero attached hydrogens (tertiary/aromatic N) is 1. The SMILES string of the molecule is COC(=O)CCCN(C)C(=O)CC1(OC)CCC1. The largest absolute Gasteiger partial charge is 0.469 e. The highest BCUT2D eigenvalue weighted by molar-refractivity contribution is 5.77. The van der Waals surface area contributed by atoms with Crippen LogP contribution in [0.5, 0.6) is 0 Å². The lowest BCUT2D eigenvalue weighted by molar-refractivity contribution is -0.144. The van der Waals surface area contributed by atoms with Gasteiger partial charge in [-0.1, -0.05) is 0 Å². The molecule has 0 aromatic carbocycles. The van der Waals surface area contributed by atoms with Gasteiger partial charge in [0.15, 0.2) is 0 Å². The van der Waals surface area contributed by atoms with E-state index >= 15 is 0 Å². The summed E-state index contributed by atoms with van der Waals surface area (Å²) in [6, 6.07) is 0. The van der Waals surface area contributed by atoms with Crippen LogP contribution in [0.25, 0.3) is 0 Å². The Morgan fingerprint density at radius 1 is 1.28 bits per heavy atom. The van der Waals surface area contributed by atoms with Crippen LogP contribution in [0.4, 0.5) is 0 Å². The summed E-state index contributed by atoms with van der Waals surface area (Å²) in [4.78, 5) is 24.6. The summed E-state index contributed by atoms with van der Waals surface area (Å²) in [5, 5.41) is 0. The molecule has 1 fully saturated rings. The van der Waals surface area contributed by atoms with E-state index in [9.17, 15) is 9.59 Å². The van der Waals surface area contributed by atoms with Crippen molar-refractivity contribution in [1.29, 1.82) is 0 Å². The number of amides is 1. The summed E-state index contributed by atoms with van der Waals surface area (Å²) >= 11 is 0. The molecule has 5 nitrogen and oxygen atoms in total. The molecular weight excluding hydrogens is 234 g/mol. The fourth-order valence-electron chi connectivity index (χ4n) is 2.12. The second kappa shape index (κ2) is 6.73. The molecule has 104 valence electrons. The van der Waals surface area contributed by atoms with E-state index in [0.29, 0.717) is 25.8 Å². The maximum absolute atomic E-state index is 12.0. The van der Waals surface area contributed by atoms with E-state index in [-0.39, 0.29) is 17.5 Å². The number of carbonyl (C=O) groups is 2.